The van der Waals surface area contributed by atoms with Crippen LogP contribution in [0.1, 0.15) is 12.0 Å². The molecule has 88 valence electrons. The minimum absolute atomic E-state index is 0.0514. The van der Waals surface area contributed by atoms with Gasteiger partial charge in [0.1, 0.15) is 0 Å². The van der Waals surface area contributed by atoms with Crippen LogP contribution in [0.2, 0.25) is 15.1 Å². The first-order valence-electron chi connectivity index (χ1n) is 4.39. The van der Waals surface area contributed by atoms with E-state index in [2.05, 4.69) is 0 Å². The van der Waals surface area contributed by atoms with E-state index in [9.17, 15) is 4.79 Å². The van der Waals surface area contributed by atoms with Gasteiger partial charge in [-0.05, 0) is 18.1 Å². The van der Waals surface area contributed by atoms with Crippen molar-refractivity contribution in [2.24, 2.45) is 0 Å². The molecule has 0 aromatic heterocycles. The Bertz CT molecular complexity index is 418. The number of ether oxygens (including phenoxy) is 1. The molecule has 0 aliphatic rings. The number of halogens is 3. The molecule has 16 heavy (non-hydrogen) atoms. The van der Waals surface area contributed by atoms with Gasteiger partial charge in [-0.3, -0.25) is 4.79 Å². The van der Waals surface area contributed by atoms with Crippen molar-refractivity contribution in [1.29, 1.82) is 0 Å². The number of carbonyl (C=O) groups is 1. The molecular formula is C10H9Cl3O3. The number of methoxy groups -OCH3 is 1. The molecule has 0 aliphatic carbocycles. The van der Waals surface area contributed by atoms with E-state index in [0.29, 0.717) is 21.4 Å². The molecule has 1 aromatic carbocycles. The van der Waals surface area contributed by atoms with Gasteiger partial charge in [0.25, 0.3) is 0 Å². The third-order valence-corrected chi connectivity index (χ3v) is 3.03. The first-order chi connectivity index (χ1) is 7.47. The Labute approximate surface area is 108 Å². The summed E-state index contributed by atoms with van der Waals surface area (Å²) in [5.74, 6) is -0.603. The van der Waals surface area contributed by atoms with Gasteiger partial charge in [0.15, 0.2) is 5.75 Å². The lowest BCUT2D eigenvalue weighted by Gasteiger charge is -2.11. The van der Waals surface area contributed by atoms with Crippen molar-refractivity contribution in [3.8, 4) is 5.75 Å². The quantitative estimate of drug-likeness (QED) is 0.917. The second kappa shape index (κ2) is 5.62. The van der Waals surface area contributed by atoms with Crippen molar-refractivity contribution >= 4 is 40.8 Å². The summed E-state index contributed by atoms with van der Waals surface area (Å²) in [7, 11) is 1.43. The summed E-state index contributed by atoms with van der Waals surface area (Å²) in [6.07, 6.45) is 0.185. The maximum Gasteiger partial charge on any atom is 0.303 e. The minimum atomic E-state index is -0.916. The van der Waals surface area contributed by atoms with Gasteiger partial charge in [0, 0.05) is 11.4 Å². The molecule has 0 aliphatic heterocycles. The molecule has 0 radical (unpaired) electrons. The van der Waals surface area contributed by atoms with E-state index in [1.807, 2.05) is 0 Å². The molecule has 6 heteroatoms. The maximum absolute atomic E-state index is 10.5. The number of carboxylic acid groups (broad SMARTS) is 1. The third-order valence-electron chi connectivity index (χ3n) is 2.02. The van der Waals surface area contributed by atoms with Crippen molar-refractivity contribution in [3.05, 3.63) is 26.7 Å². The zero-order valence-corrected chi connectivity index (χ0v) is 10.7. The van der Waals surface area contributed by atoms with Crippen LogP contribution in [-0.2, 0) is 11.2 Å². The van der Waals surface area contributed by atoms with Crippen LogP contribution < -0.4 is 4.74 Å². The molecule has 1 N–H and O–H groups in total. The zero-order valence-electron chi connectivity index (χ0n) is 8.39. The molecule has 3 nitrogen and oxygen atoms in total. The molecule has 0 heterocycles. The van der Waals surface area contributed by atoms with Crippen molar-refractivity contribution in [2.75, 3.05) is 7.11 Å². The second-order valence-corrected chi connectivity index (χ2v) is 4.25. The van der Waals surface area contributed by atoms with E-state index in [1.54, 1.807) is 0 Å². The summed E-state index contributed by atoms with van der Waals surface area (Å²) >= 11 is 17.8. The second-order valence-electron chi connectivity index (χ2n) is 3.06. The van der Waals surface area contributed by atoms with Crippen LogP contribution in [0, 0.1) is 0 Å². The van der Waals surface area contributed by atoms with Crippen LogP contribution in [0.3, 0.4) is 0 Å². The van der Waals surface area contributed by atoms with E-state index in [-0.39, 0.29) is 17.9 Å². The van der Waals surface area contributed by atoms with Crippen LogP contribution in [-0.4, -0.2) is 18.2 Å². The van der Waals surface area contributed by atoms with E-state index < -0.39 is 5.97 Å². The highest BCUT2D eigenvalue weighted by Gasteiger charge is 2.16. The van der Waals surface area contributed by atoms with Crippen molar-refractivity contribution < 1.29 is 14.6 Å². The Hall–Kier alpha value is -0.640. The predicted molar refractivity (Wildman–Crippen MR) is 64.0 cm³/mol. The fourth-order valence-corrected chi connectivity index (χ4v) is 2.37. The number of carboxylic acids is 1. The fraction of sp³-hybridized carbons (Fsp3) is 0.300. The summed E-state index contributed by atoms with van der Waals surface area (Å²) < 4.78 is 5.01. The molecule has 0 saturated carbocycles. The number of rotatable bonds is 4. The van der Waals surface area contributed by atoms with Gasteiger partial charge in [-0.1, -0.05) is 34.8 Å². The number of aliphatic carboxylic acids is 1. The highest BCUT2D eigenvalue weighted by Crippen LogP contribution is 2.40. The molecule has 0 amide bonds. The van der Waals surface area contributed by atoms with E-state index in [4.69, 9.17) is 44.6 Å². The fourth-order valence-electron chi connectivity index (χ4n) is 1.26. The van der Waals surface area contributed by atoms with Crippen molar-refractivity contribution in [2.45, 2.75) is 12.8 Å². The predicted octanol–water partition coefficient (Wildman–Crippen LogP) is 3.67. The highest BCUT2D eigenvalue weighted by molar-refractivity contribution is 6.41. The van der Waals surface area contributed by atoms with Gasteiger partial charge in [-0.2, -0.15) is 0 Å². The molecule has 0 fully saturated rings. The monoisotopic (exact) mass is 282 g/mol. The SMILES string of the molecule is COc1c(Cl)cc(Cl)c(CCC(=O)O)c1Cl. The van der Waals surface area contributed by atoms with Crippen LogP contribution in [0.25, 0.3) is 0 Å². The normalized spacial score (nSPS) is 10.2. The molecule has 0 unspecified atom stereocenters. The van der Waals surface area contributed by atoms with Crippen LogP contribution in [0.4, 0.5) is 0 Å². The molecule has 1 aromatic rings. The standard InChI is InChI=1S/C10H9Cl3O3/c1-16-10-7(12)4-6(11)5(9(10)13)2-3-8(14)15/h4H,2-3H2,1H3,(H,14,15). The Balaban J connectivity index is 3.12. The number of hydrogen-bond acceptors (Lipinski definition) is 2. The van der Waals surface area contributed by atoms with Crippen LogP contribution in [0.15, 0.2) is 6.07 Å². The van der Waals surface area contributed by atoms with Gasteiger partial charge in [-0.15, -0.1) is 0 Å². The summed E-state index contributed by atoms with van der Waals surface area (Å²) in [5, 5.41) is 9.51. The maximum atomic E-state index is 10.5. The summed E-state index contributed by atoms with van der Waals surface area (Å²) in [5.41, 5.74) is 0.534. The largest absolute Gasteiger partial charge is 0.494 e. The van der Waals surface area contributed by atoms with E-state index in [0.717, 1.165) is 0 Å². The first-order valence-corrected chi connectivity index (χ1v) is 5.53. The van der Waals surface area contributed by atoms with E-state index in [1.165, 1.54) is 13.2 Å². The lowest BCUT2D eigenvalue weighted by atomic mass is 10.1. The lowest BCUT2D eigenvalue weighted by molar-refractivity contribution is -0.136. The topological polar surface area (TPSA) is 46.5 Å². The van der Waals surface area contributed by atoms with Gasteiger partial charge in [0.2, 0.25) is 0 Å². The highest BCUT2D eigenvalue weighted by atomic mass is 35.5. The zero-order chi connectivity index (χ0) is 12.3. The summed E-state index contributed by atoms with van der Waals surface area (Å²) in [6, 6.07) is 1.49. The molecule has 0 saturated heterocycles. The Morgan fingerprint density at radius 3 is 2.50 bits per heavy atom. The Morgan fingerprint density at radius 2 is 2.00 bits per heavy atom. The summed E-state index contributed by atoms with van der Waals surface area (Å²) in [4.78, 5) is 10.5. The van der Waals surface area contributed by atoms with E-state index >= 15 is 0 Å². The molecule has 0 bridgehead atoms. The van der Waals surface area contributed by atoms with Crippen molar-refractivity contribution in [3.63, 3.8) is 0 Å². The average Bonchev–Trinajstić information content (AvgIpc) is 2.16. The smallest absolute Gasteiger partial charge is 0.303 e. The van der Waals surface area contributed by atoms with Gasteiger partial charge in [0.05, 0.1) is 17.2 Å². The van der Waals surface area contributed by atoms with Crippen LogP contribution >= 0.6 is 34.8 Å². The molecule has 1 rings (SSSR count). The molecular weight excluding hydrogens is 274 g/mol. The Kier molecular flexibility index (Phi) is 4.71. The third kappa shape index (κ3) is 2.94. The Morgan fingerprint density at radius 1 is 1.38 bits per heavy atom. The average molecular weight is 284 g/mol. The first kappa shape index (κ1) is 13.4. The number of hydrogen-bond donors (Lipinski definition) is 1. The number of benzene rings is 1. The summed E-state index contributed by atoms with van der Waals surface area (Å²) in [6.45, 7) is 0. The van der Waals surface area contributed by atoms with Gasteiger partial charge < -0.3 is 9.84 Å². The lowest BCUT2D eigenvalue weighted by Crippen LogP contribution is -2.00. The van der Waals surface area contributed by atoms with Crippen molar-refractivity contribution in [1.82, 2.24) is 0 Å². The van der Waals surface area contributed by atoms with Gasteiger partial charge >= 0.3 is 5.97 Å². The molecule has 0 atom stereocenters. The van der Waals surface area contributed by atoms with Gasteiger partial charge in [-0.25, -0.2) is 0 Å². The minimum Gasteiger partial charge on any atom is -0.494 e. The van der Waals surface area contributed by atoms with Crippen LogP contribution in [0.5, 0.6) is 5.75 Å². The molecule has 0 spiro atoms.